The van der Waals surface area contributed by atoms with Gasteiger partial charge in [-0.3, -0.25) is 10.1 Å². The summed E-state index contributed by atoms with van der Waals surface area (Å²) in [5, 5.41) is 15.2. The van der Waals surface area contributed by atoms with Gasteiger partial charge in [-0.25, -0.2) is 14.4 Å². The van der Waals surface area contributed by atoms with Crippen molar-refractivity contribution in [1.29, 1.82) is 0 Å². The van der Waals surface area contributed by atoms with Crippen molar-refractivity contribution in [2.75, 3.05) is 44.4 Å². The number of hydrogen-bond donors (Lipinski definition) is 4. The average molecular weight is 592 g/mol. The number of likely N-dealkylation sites (N-methyl/N-ethyl adjacent to an activating group) is 1. The normalized spacial score (nSPS) is 12.0. The number of nitrogens with one attached hydrogen (secondary N) is 4. The van der Waals surface area contributed by atoms with Crippen LogP contribution in [0.2, 0.25) is 0 Å². The highest BCUT2D eigenvalue weighted by Crippen LogP contribution is 2.34. The first kappa shape index (κ1) is 29.3. The maximum atomic E-state index is 14.7. The summed E-state index contributed by atoms with van der Waals surface area (Å²) in [5.41, 5.74) is 8.35. The number of para-hydroxylation sites is 1. The molecule has 226 valence electrons. The maximum absolute atomic E-state index is 14.7. The molecule has 2 aromatic carbocycles. The second kappa shape index (κ2) is 12.0. The Labute approximate surface area is 256 Å². The summed E-state index contributed by atoms with van der Waals surface area (Å²) in [5.74, 6) is 0.328. The molecule has 0 amide bonds. The molecule has 0 fully saturated rings. The van der Waals surface area contributed by atoms with Crippen LogP contribution in [0.5, 0.6) is 0 Å². The van der Waals surface area contributed by atoms with E-state index in [1.807, 2.05) is 57.0 Å². The number of H-pyrrole nitrogens is 2. The highest BCUT2D eigenvalue weighted by Gasteiger charge is 2.17. The predicted molar refractivity (Wildman–Crippen MR) is 177 cm³/mol. The van der Waals surface area contributed by atoms with Crippen molar-refractivity contribution in [3.63, 3.8) is 0 Å². The number of aromatic nitrogens is 6. The summed E-state index contributed by atoms with van der Waals surface area (Å²) >= 11 is 0. The van der Waals surface area contributed by atoms with Crippen LogP contribution in [0.25, 0.3) is 55.8 Å². The minimum atomic E-state index is -0.302. The fourth-order valence-electron chi connectivity index (χ4n) is 5.17. The monoisotopic (exact) mass is 591 g/mol. The van der Waals surface area contributed by atoms with E-state index in [1.54, 1.807) is 6.07 Å². The second-order valence-corrected chi connectivity index (χ2v) is 12.6. The van der Waals surface area contributed by atoms with Crippen molar-refractivity contribution in [3.8, 4) is 33.8 Å². The van der Waals surface area contributed by atoms with Crippen LogP contribution in [0.1, 0.15) is 27.2 Å². The summed E-state index contributed by atoms with van der Waals surface area (Å²) in [6.07, 6.45) is 6.55. The number of imidazole rings is 1. The lowest BCUT2D eigenvalue weighted by atomic mass is 9.92. The van der Waals surface area contributed by atoms with Crippen molar-refractivity contribution < 1.29 is 4.39 Å². The summed E-state index contributed by atoms with van der Waals surface area (Å²) in [4.78, 5) is 19.6. The minimum absolute atomic E-state index is 0.255. The van der Waals surface area contributed by atoms with E-state index in [-0.39, 0.29) is 11.2 Å². The van der Waals surface area contributed by atoms with E-state index in [4.69, 9.17) is 4.98 Å². The van der Waals surface area contributed by atoms with Gasteiger partial charge < -0.3 is 20.5 Å². The summed E-state index contributed by atoms with van der Waals surface area (Å²) < 4.78 is 14.7. The molecule has 44 heavy (non-hydrogen) atoms. The summed E-state index contributed by atoms with van der Waals surface area (Å²) in [6, 6.07) is 15.1. The van der Waals surface area contributed by atoms with Crippen LogP contribution in [0.3, 0.4) is 0 Å². The zero-order valence-corrected chi connectivity index (χ0v) is 25.8. The fraction of sp³-hybridized carbons (Fsp3) is 0.294. The van der Waals surface area contributed by atoms with E-state index in [9.17, 15) is 4.39 Å². The van der Waals surface area contributed by atoms with Crippen LogP contribution in [-0.4, -0.2) is 68.8 Å². The molecule has 0 radical (unpaired) electrons. The molecule has 0 saturated carbocycles. The molecule has 9 nitrogen and oxygen atoms in total. The van der Waals surface area contributed by atoms with Gasteiger partial charge in [-0.1, -0.05) is 32.9 Å². The van der Waals surface area contributed by atoms with E-state index < -0.39 is 0 Å². The van der Waals surface area contributed by atoms with Gasteiger partial charge >= 0.3 is 0 Å². The number of aromatic amines is 2. The van der Waals surface area contributed by atoms with Crippen molar-refractivity contribution in [1.82, 2.24) is 35.0 Å². The van der Waals surface area contributed by atoms with Crippen LogP contribution < -0.4 is 10.6 Å². The van der Waals surface area contributed by atoms with Gasteiger partial charge in [-0.2, -0.15) is 5.10 Å². The molecule has 4 heterocycles. The van der Waals surface area contributed by atoms with Crippen molar-refractivity contribution in [2.24, 2.45) is 5.41 Å². The molecule has 6 rings (SSSR count). The summed E-state index contributed by atoms with van der Waals surface area (Å²) in [6.45, 7) is 9.13. The Morgan fingerprint density at radius 2 is 1.68 bits per heavy atom. The fourth-order valence-corrected chi connectivity index (χ4v) is 5.17. The first-order chi connectivity index (χ1) is 21.1. The SMILES string of the molecule is CN(C)CCNc1cc(F)cc(-c2cccc3[nH]c(-c4[nH]nc5ncc(-c6cncc(NCCC(C)(C)C)c6)cc45)nc23)c1. The number of hydrogen-bond acceptors (Lipinski definition) is 7. The van der Waals surface area contributed by atoms with Gasteiger partial charge in [0.15, 0.2) is 11.5 Å². The Morgan fingerprint density at radius 3 is 2.50 bits per heavy atom. The van der Waals surface area contributed by atoms with Gasteiger partial charge in [-0.05, 0) is 67.9 Å². The molecule has 4 N–H and O–H groups in total. The highest BCUT2D eigenvalue weighted by molar-refractivity contribution is 5.97. The quantitative estimate of drug-likeness (QED) is 0.133. The first-order valence-electron chi connectivity index (χ1n) is 14.8. The van der Waals surface area contributed by atoms with Gasteiger partial charge in [-0.15, -0.1) is 0 Å². The Bertz CT molecular complexity index is 1920. The zero-order valence-electron chi connectivity index (χ0n) is 25.8. The van der Waals surface area contributed by atoms with E-state index in [2.05, 4.69) is 73.6 Å². The molecule has 0 atom stereocenters. The molecule has 10 heteroatoms. The third-order valence-electron chi connectivity index (χ3n) is 7.53. The molecule has 4 aromatic heterocycles. The van der Waals surface area contributed by atoms with Crippen molar-refractivity contribution in [3.05, 3.63) is 72.9 Å². The Morgan fingerprint density at radius 1 is 0.886 bits per heavy atom. The molecule has 6 aromatic rings. The zero-order chi connectivity index (χ0) is 30.8. The summed E-state index contributed by atoms with van der Waals surface area (Å²) in [7, 11) is 4.02. The first-order valence-corrected chi connectivity index (χ1v) is 14.8. The predicted octanol–water partition coefficient (Wildman–Crippen LogP) is 7.19. The largest absolute Gasteiger partial charge is 0.384 e. The van der Waals surface area contributed by atoms with Crippen LogP contribution in [-0.2, 0) is 0 Å². The molecule has 0 spiro atoms. The number of pyridine rings is 2. The van der Waals surface area contributed by atoms with E-state index in [0.717, 1.165) is 75.3 Å². The molecule has 0 saturated heterocycles. The molecule has 0 aliphatic rings. The minimum Gasteiger partial charge on any atom is -0.384 e. The van der Waals surface area contributed by atoms with Gasteiger partial charge in [0, 0.05) is 60.6 Å². The van der Waals surface area contributed by atoms with Crippen molar-refractivity contribution >= 4 is 33.4 Å². The van der Waals surface area contributed by atoms with Gasteiger partial charge in [0.25, 0.3) is 0 Å². The molecular formula is C34H38FN9. The number of halogens is 1. The maximum Gasteiger partial charge on any atom is 0.181 e. The molecular weight excluding hydrogens is 553 g/mol. The Kier molecular flexibility index (Phi) is 8.01. The third kappa shape index (κ3) is 6.55. The number of fused-ring (bicyclic) bond motifs is 2. The topological polar surface area (TPSA) is 110 Å². The number of anilines is 2. The van der Waals surface area contributed by atoms with Crippen LogP contribution in [0.4, 0.5) is 15.8 Å². The lowest BCUT2D eigenvalue weighted by Crippen LogP contribution is -2.20. The van der Waals surface area contributed by atoms with E-state index in [0.29, 0.717) is 18.0 Å². The van der Waals surface area contributed by atoms with Crippen LogP contribution in [0.15, 0.2) is 67.1 Å². The van der Waals surface area contributed by atoms with E-state index in [1.165, 1.54) is 6.07 Å². The lowest BCUT2D eigenvalue weighted by molar-refractivity contribution is 0.390. The lowest BCUT2D eigenvalue weighted by Gasteiger charge is -2.18. The molecule has 0 unspecified atom stereocenters. The smallest absolute Gasteiger partial charge is 0.181 e. The molecule has 0 bridgehead atoms. The van der Waals surface area contributed by atoms with Crippen LogP contribution in [0, 0.1) is 11.2 Å². The highest BCUT2D eigenvalue weighted by atomic mass is 19.1. The van der Waals surface area contributed by atoms with Gasteiger partial charge in [0.1, 0.15) is 11.5 Å². The number of benzene rings is 2. The molecule has 0 aliphatic heterocycles. The van der Waals surface area contributed by atoms with Gasteiger partial charge in [0.2, 0.25) is 0 Å². The average Bonchev–Trinajstić information content (AvgIpc) is 3.60. The van der Waals surface area contributed by atoms with Gasteiger partial charge in [0.05, 0.1) is 22.1 Å². The Hall–Kier alpha value is -4.83. The van der Waals surface area contributed by atoms with Crippen molar-refractivity contribution in [2.45, 2.75) is 27.2 Å². The van der Waals surface area contributed by atoms with Crippen LogP contribution >= 0.6 is 0 Å². The third-order valence-corrected chi connectivity index (χ3v) is 7.53. The number of nitrogens with zero attached hydrogens (tertiary/aromatic N) is 5. The second-order valence-electron chi connectivity index (χ2n) is 12.6. The molecule has 0 aliphatic carbocycles. The van der Waals surface area contributed by atoms with E-state index >= 15 is 0 Å². The standard InChI is InChI=1S/C34H38FN9/c1-34(2,3)9-10-37-26-15-22(18-36-20-26)23-16-28-31(42-43-32(28)39-19-23)33-40-29-8-6-7-27(30(29)41-33)21-13-24(35)17-25(14-21)38-11-12-44(4)5/h6-8,13-20,37-38H,9-12H2,1-5H3,(H,40,41)(H,39,42,43). The number of rotatable bonds is 10. The Balaban J connectivity index is 1.32.